The maximum Gasteiger partial charge on any atom is 0.261 e. The lowest BCUT2D eigenvalue weighted by Crippen LogP contribution is -2.50. The van der Waals surface area contributed by atoms with Crippen molar-refractivity contribution in [3.8, 4) is 0 Å². The molecule has 3 N–H and O–H groups in total. The SMILES string of the molecule is COC[C@H](C)NC(=S)NNC(=O)CCCN1C(=O)c2ccccc2C1=O. The molecule has 9 heteroatoms. The van der Waals surface area contributed by atoms with Gasteiger partial charge in [0.2, 0.25) is 5.91 Å². The number of nitrogens with one attached hydrogen (secondary N) is 3. The summed E-state index contributed by atoms with van der Waals surface area (Å²) < 4.78 is 4.98. The van der Waals surface area contributed by atoms with Crippen molar-refractivity contribution in [2.75, 3.05) is 20.3 Å². The van der Waals surface area contributed by atoms with Gasteiger partial charge in [-0.05, 0) is 37.7 Å². The fourth-order valence-electron chi connectivity index (χ4n) is 2.58. The van der Waals surface area contributed by atoms with E-state index in [1.54, 1.807) is 31.4 Å². The monoisotopic (exact) mass is 378 g/mol. The number of imide groups is 1. The molecule has 1 aromatic rings. The lowest BCUT2D eigenvalue weighted by atomic mass is 10.1. The minimum Gasteiger partial charge on any atom is -0.383 e. The number of hydrazine groups is 1. The number of carbonyl (C=O) groups excluding carboxylic acids is 3. The normalized spacial score (nSPS) is 14.0. The molecule has 0 fully saturated rings. The highest BCUT2D eigenvalue weighted by Gasteiger charge is 2.34. The van der Waals surface area contributed by atoms with E-state index in [9.17, 15) is 14.4 Å². The summed E-state index contributed by atoms with van der Waals surface area (Å²) in [5, 5.41) is 3.22. The quantitative estimate of drug-likeness (QED) is 0.363. The molecule has 0 bridgehead atoms. The van der Waals surface area contributed by atoms with E-state index in [2.05, 4.69) is 16.2 Å². The number of hydrogen-bond donors (Lipinski definition) is 3. The van der Waals surface area contributed by atoms with Crippen molar-refractivity contribution in [3.05, 3.63) is 35.4 Å². The first-order valence-electron chi connectivity index (χ1n) is 8.23. The first-order valence-corrected chi connectivity index (χ1v) is 8.64. The smallest absolute Gasteiger partial charge is 0.261 e. The Labute approximate surface area is 157 Å². The fraction of sp³-hybridized carbons (Fsp3) is 0.412. The molecule has 8 nitrogen and oxygen atoms in total. The van der Waals surface area contributed by atoms with E-state index in [-0.39, 0.29) is 41.8 Å². The standard InChI is InChI=1S/C17H22N4O4S/c1-11(10-25-2)18-17(26)20-19-14(22)8-5-9-21-15(23)12-6-3-4-7-13(12)16(21)24/h3-4,6-7,11H,5,8-10H2,1-2H3,(H,19,22)(H2,18,20,26)/t11-/m0/s1. The van der Waals surface area contributed by atoms with Crippen molar-refractivity contribution < 1.29 is 19.1 Å². The van der Waals surface area contributed by atoms with Crippen LogP contribution in [0.15, 0.2) is 24.3 Å². The van der Waals surface area contributed by atoms with Gasteiger partial charge in [-0.25, -0.2) is 0 Å². The van der Waals surface area contributed by atoms with Crippen LogP contribution in [0.2, 0.25) is 0 Å². The molecular formula is C17H22N4O4S. The van der Waals surface area contributed by atoms with E-state index in [4.69, 9.17) is 17.0 Å². The van der Waals surface area contributed by atoms with Crippen LogP contribution in [0.1, 0.15) is 40.5 Å². The minimum absolute atomic E-state index is 0.00530. The van der Waals surface area contributed by atoms with Gasteiger partial charge in [0.1, 0.15) is 0 Å². The number of thiocarbonyl (C=S) groups is 1. The highest BCUT2D eigenvalue weighted by Crippen LogP contribution is 2.22. The summed E-state index contributed by atoms with van der Waals surface area (Å²) in [7, 11) is 1.59. The third kappa shape index (κ3) is 4.99. The molecule has 1 aliphatic heterocycles. The number of benzene rings is 1. The van der Waals surface area contributed by atoms with E-state index >= 15 is 0 Å². The fourth-order valence-corrected chi connectivity index (χ4v) is 2.83. The highest BCUT2D eigenvalue weighted by atomic mass is 32.1. The molecule has 1 aromatic carbocycles. The summed E-state index contributed by atoms with van der Waals surface area (Å²) in [4.78, 5) is 37.4. The number of fused-ring (bicyclic) bond motifs is 1. The number of ether oxygens (including phenoxy) is 1. The van der Waals surface area contributed by atoms with Crippen LogP contribution in [0.25, 0.3) is 0 Å². The Kier molecular flexibility index (Phi) is 7.05. The van der Waals surface area contributed by atoms with Gasteiger partial charge in [-0.1, -0.05) is 12.1 Å². The predicted octanol–water partition coefficient (Wildman–Crippen LogP) is 0.593. The number of carbonyl (C=O) groups is 3. The van der Waals surface area contributed by atoms with E-state index in [1.165, 1.54) is 4.90 Å². The Hall–Kier alpha value is -2.52. The zero-order valence-electron chi connectivity index (χ0n) is 14.7. The molecular weight excluding hydrogens is 356 g/mol. The number of hydrogen-bond acceptors (Lipinski definition) is 5. The zero-order chi connectivity index (χ0) is 19.1. The van der Waals surface area contributed by atoms with Crippen LogP contribution in [0.3, 0.4) is 0 Å². The number of nitrogens with zero attached hydrogens (tertiary/aromatic N) is 1. The van der Waals surface area contributed by atoms with Gasteiger partial charge in [-0.15, -0.1) is 0 Å². The second-order valence-electron chi connectivity index (χ2n) is 5.91. The summed E-state index contributed by atoms with van der Waals surface area (Å²) in [6.07, 6.45) is 0.510. The van der Waals surface area contributed by atoms with Crippen molar-refractivity contribution in [1.29, 1.82) is 0 Å². The van der Waals surface area contributed by atoms with Crippen LogP contribution in [0.5, 0.6) is 0 Å². The van der Waals surface area contributed by atoms with Crippen LogP contribution < -0.4 is 16.2 Å². The largest absolute Gasteiger partial charge is 0.383 e. The summed E-state index contributed by atoms with van der Waals surface area (Å²) in [6.45, 7) is 2.56. The first kappa shape index (κ1) is 19.8. The average molecular weight is 378 g/mol. The van der Waals surface area contributed by atoms with Gasteiger partial charge in [-0.3, -0.25) is 30.1 Å². The summed E-state index contributed by atoms with van der Waals surface area (Å²) in [5.41, 5.74) is 5.89. The van der Waals surface area contributed by atoms with Crippen LogP contribution in [-0.4, -0.2) is 54.0 Å². The first-order chi connectivity index (χ1) is 12.4. The lowest BCUT2D eigenvalue weighted by Gasteiger charge is -2.17. The van der Waals surface area contributed by atoms with Gasteiger partial charge in [0.25, 0.3) is 11.8 Å². The third-order valence-corrected chi connectivity index (χ3v) is 3.99. The van der Waals surface area contributed by atoms with E-state index in [0.29, 0.717) is 24.2 Å². The minimum atomic E-state index is -0.318. The van der Waals surface area contributed by atoms with Crippen molar-refractivity contribution in [1.82, 2.24) is 21.1 Å². The molecule has 1 heterocycles. The Balaban J connectivity index is 1.70. The second-order valence-corrected chi connectivity index (χ2v) is 6.32. The van der Waals surface area contributed by atoms with Gasteiger partial charge in [0, 0.05) is 26.1 Å². The lowest BCUT2D eigenvalue weighted by molar-refractivity contribution is -0.121. The van der Waals surface area contributed by atoms with Crippen LogP contribution in [0.4, 0.5) is 0 Å². The Morgan fingerprint density at radius 2 is 1.81 bits per heavy atom. The molecule has 0 spiro atoms. The molecule has 0 radical (unpaired) electrons. The van der Waals surface area contributed by atoms with Crippen LogP contribution in [0, 0.1) is 0 Å². The molecule has 1 aliphatic rings. The maximum absolute atomic E-state index is 12.2. The van der Waals surface area contributed by atoms with Crippen LogP contribution in [-0.2, 0) is 9.53 Å². The molecule has 2 rings (SSSR count). The van der Waals surface area contributed by atoms with Gasteiger partial charge >= 0.3 is 0 Å². The molecule has 26 heavy (non-hydrogen) atoms. The Bertz CT molecular complexity index is 675. The molecule has 3 amide bonds. The molecule has 0 saturated carbocycles. The van der Waals surface area contributed by atoms with Gasteiger partial charge in [0.05, 0.1) is 17.7 Å². The highest BCUT2D eigenvalue weighted by molar-refractivity contribution is 7.80. The summed E-state index contributed by atoms with van der Waals surface area (Å²) in [5.74, 6) is -0.923. The van der Waals surface area contributed by atoms with Gasteiger partial charge in [-0.2, -0.15) is 0 Å². The summed E-state index contributed by atoms with van der Waals surface area (Å²) >= 11 is 5.04. The molecule has 0 saturated heterocycles. The van der Waals surface area contributed by atoms with E-state index in [1.807, 2.05) is 6.92 Å². The van der Waals surface area contributed by atoms with E-state index < -0.39 is 0 Å². The van der Waals surface area contributed by atoms with Crippen molar-refractivity contribution in [3.63, 3.8) is 0 Å². The number of amides is 3. The Morgan fingerprint density at radius 3 is 2.38 bits per heavy atom. The van der Waals surface area contributed by atoms with Gasteiger partial charge in [0.15, 0.2) is 5.11 Å². The van der Waals surface area contributed by atoms with Crippen molar-refractivity contribution in [2.45, 2.75) is 25.8 Å². The molecule has 0 aliphatic carbocycles. The summed E-state index contributed by atoms with van der Waals surface area (Å²) in [6, 6.07) is 6.70. The topological polar surface area (TPSA) is 99.8 Å². The molecule has 1 atom stereocenters. The number of rotatable bonds is 7. The van der Waals surface area contributed by atoms with E-state index in [0.717, 1.165) is 0 Å². The Morgan fingerprint density at radius 1 is 1.19 bits per heavy atom. The zero-order valence-corrected chi connectivity index (χ0v) is 15.5. The van der Waals surface area contributed by atoms with Crippen LogP contribution >= 0.6 is 12.2 Å². The van der Waals surface area contributed by atoms with Crippen molar-refractivity contribution in [2.24, 2.45) is 0 Å². The predicted molar refractivity (Wildman–Crippen MR) is 99.4 cm³/mol. The maximum atomic E-state index is 12.2. The molecule has 140 valence electrons. The van der Waals surface area contributed by atoms with Crippen molar-refractivity contribution >= 4 is 35.1 Å². The number of methoxy groups -OCH3 is 1. The average Bonchev–Trinajstić information content (AvgIpc) is 2.85. The molecule has 0 aromatic heterocycles. The molecule has 0 unspecified atom stereocenters. The van der Waals surface area contributed by atoms with Gasteiger partial charge < -0.3 is 10.1 Å². The second kappa shape index (κ2) is 9.25. The third-order valence-electron chi connectivity index (χ3n) is 3.77.